The summed E-state index contributed by atoms with van der Waals surface area (Å²) in [6, 6.07) is 26.4. The molecular weight excluding hydrogens is 299 g/mol. The maximum absolute atomic E-state index is 13.3. The Balaban J connectivity index is 2.09. The van der Waals surface area contributed by atoms with Crippen LogP contribution in [0.5, 0.6) is 0 Å². The zero-order valence-electron chi connectivity index (χ0n) is 13.5. The number of halogens is 1. The summed E-state index contributed by atoms with van der Waals surface area (Å²) in [7, 11) is -1.34. The number of rotatable bonds is 4. The fourth-order valence-electron chi connectivity index (χ4n) is 3.29. The molecular formula is C21H21FSi. The Kier molecular flexibility index (Phi) is 4.72. The fourth-order valence-corrected chi connectivity index (χ4v) is 6.19. The smallest absolute Gasteiger partial charge is 0.123 e. The van der Waals surface area contributed by atoms with E-state index in [2.05, 4.69) is 68.1 Å². The standard InChI is InChI=1S/C21H21FSi/c1-16-8-6-7-11-20(16)21(17-9-4-3-5-10-17)23(2)19-14-12-18(22)13-15-19/h3-15,21,23H,1-2H3/t21-,23+/m0/s1. The second kappa shape index (κ2) is 6.92. The van der Waals surface area contributed by atoms with Crippen LogP contribution < -0.4 is 5.19 Å². The van der Waals surface area contributed by atoms with Gasteiger partial charge >= 0.3 is 0 Å². The second-order valence-corrected chi connectivity index (χ2v) is 9.00. The first kappa shape index (κ1) is 15.7. The Bertz CT molecular complexity index is 765. The van der Waals surface area contributed by atoms with Gasteiger partial charge in [0.05, 0.1) is 8.80 Å². The van der Waals surface area contributed by atoms with Gasteiger partial charge in [0.15, 0.2) is 0 Å². The van der Waals surface area contributed by atoms with Crippen LogP contribution in [0, 0.1) is 12.7 Å². The third-order valence-electron chi connectivity index (χ3n) is 4.58. The molecule has 0 amide bonds. The molecule has 0 radical (unpaired) electrons. The average Bonchev–Trinajstić information content (AvgIpc) is 2.58. The molecule has 116 valence electrons. The zero-order valence-corrected chi connectivity index (χ0v) is 14.7. The number of benzene rings is 3. The maximum atomic E-state index is 13.3. The first-order chi connectivity index (χ1) is 11.2. The lowest BCUT2D eigenvalue weighted by atomic mass is 10.00. The third-order valence-corrected chi connectivity index (χ3v) is 7.76. The van der Waals surface area contributed by atoms with Gasteiger partial charge in [-0.2, -0.15) is 0 Å². The molecule has 2 atom stereocenters. The highest BCUT2D eigenvalue weighted by atomic mass is 28.3. The summed E-state index contributed by atoms with van der Waals surface area (Å²) in [4.78, 5) is 0. The average molecular weight is 320 g/mol. The van der Waals surface area contributed by atoms with Crippen molar-refractivity contribution in [2.24, 2.45) is 0 Å². The molecule has 0 aliphatic carbocycles. The molecule has 0 N–H and O–H groups in total. The minimum Gasteiger partial charge on any atom is -0.207 e. The van der Waals surface area contributed by atoms with Gasteiger partial charge in [-0.15, -0.1) is 0 Å². The van der Waals surface area contributed by atoms with E-state index in [4.69, 9.17) is 0 Å². The Labute approximate surface area is 139 Å². The predicted molar refractivity (Wildman–Crippen MR) is 98.5 cm³/mol. The molecule has 0 fully saturated rings. The summed E-state index contributed by atoms with van der Waals surface area (Å²) in [6.07, 6.45) is 0. The van der Waals surface area contributed by atoms with Gasteiger partial charge in [0.1, 0.15) is 5.82 Å². The first-order valence-electron chi connectivity index (χ1n) is 8.03. The summed E-state index contributed by atoms with van der Waals surface area (Å²) in [6.45, 7) is 4.54. The molecule has 0 saturated heterocycles. The van der Waals surface area contributed by atoms with Crippen LogP contribution in [-0.4, -0.2) is 8.80 Å². The molecule has 0 aromatic heterocycles. The summed E-state index contributed by atoms with van der Waals surface area (Å²) in [5.74, 6) is -0.165. The number of hydrogen-bond donors (Lipinski definition) is 0. The van der Waals surface area contributed by atoms with E-state index in [1.807, 2.05) is 12.1 Å². The van der Waals surface area contributed by atoms with Crippen molar-refractivity contribution < 1.29 is 4.39 Å². The molecule has 0 heterocycles. The highest BCUT2D eigenvalue weighted by Crippen LogP contribution is 2.29. The lowest BCUT2D eigenvalue weighted by Gasteiger charge is -2.26. The van der Waals surface area contributed by atoms with Gasteiger partial charge < -0.3 is 0 Å². The molecule has 3 aromatic carbocycles. The summed E-state index contributed by atoms with van der Waals surface area (Å²) in [5.41, 5.74) is 4.46. The Hall–Kier alpha value is -2.19. The summed E-state index contributed by atoms with van der Waals surface area (Å²) in [5, 5.41) is 1.29. The molecule has 0 aliphatic rings. The van der Waals surface area contributed by atoms with Crippen LogP contribution in [0.2, 0.25) is 6.55 Å². The molecule has 3 rings (SSSR count). The van der Waals surface area contributed by atoms with Crippen LogP contribution in [0.4, 0.5) is 4.39 Å². The van der Waals surface area contributed by atoms with E-state index in [0.29, 0.717) is 5.54 Å². The van der Waals surface area contributed by atoms with Crippen molar-refractivity contribution in [3.8, 4) is 0 Å². The Morgan fingerprint density at radius 3 is 2.04 bits per heavy atom. The molecule has 2 heteroatoms. The zero-order chi connectivity index (χ0) is 16.2. The van der Waals surface area contributed by atoms with Gasteiger partial charge in [0, 0.05) is 5.54 Å². The van der Waals surface area contributed by atoms with Crippen molar-refractivity contribution in [2.45, 2.75) is 19.0 Å². The molecule has 0 saturated carbocycles. The monoisotopic (exact) mass is 320 g/mol. The topological polar surface area (TPSA) is 0 Å². The van der Waals surface area contributed by atoms with E-state index in [0.717, 1.165) is 0 Å². The van der Waals surface area contributed by atoms with Gasteiger partial charge in [-0.25, -0.2) is 4.39 Å². The molecule has 3 aromatic rings. The first-order valence-corrected chi connectivity index (χ1v) is 10.4. The third kappa shape index (κ3) is 3.43. The summed E-state index contributed by atoms with van der Waals surface area (Å²) < 4.78 is 13.3. The normalized spacial score (nSPS) is 13.5. The molecule has 0 nitrogen and oxygen atoms in total. The molecule has 0 unspecified atom stereocenters. The van der Waals surface area contributed by atoms with Crippen molar-refractivity contribution in [3.63, 3.8) is 0 Å². The fraction of sp³-hybridized carbons (Fsp3) is 0.143. The van der Waals surface area contributed by atoms with Crippen LogP contribution in [0.1, 0.15) is 22.2 Å². The van der Waals surface area contributed by atoms with Gasteiger partial charge in [-0.05, 0) is 35.7 Å². The maximum Gasteiger partial charge on any atom is 0.123 e. The van der Waals surface area contributed by atoms with Crippen molar-refractivity contribution >= 4 is 14.0 Å². The van der Waals surface area contributed by atoms with Crippen molar-refractivity contribution in [2.75, 3.05) is 0 Å². The molecule has 0 spiro atoms. The van der Waals surface area contributed by atoms with Gasteiger partial charge in [0.25, 0.3) is 0 Å². The van der Waals surface area contributed by atoms with Crippen molar-refractivity contribution in [1.29, 1.82) is 0 Å². The van der Waals surface area contributed by atoms with Gasteiger partial charge in [-0.3, -0.25) is 0 Å². The SMILES string of the molecule is Cc1ccccc1[C@H](c1ccccc1)[Si@H](C)c1ccc(F)cc1. The minimum atomic E-state index is -1.34. The number of aryl methyl sites for hydroxylation is 1. The van der Waals surface area contributed by atoms with E-state index in [-0.39, 0.29) is 5.82 Å². The highest BCUT2D eigenvalue weighted by Gasteiger charge is 2.25. The second-order valence-electron chi connectivity index (χ2n) is 6.09. The van der Waals surface area contributed by atoms with Crippen molar-refractivity contribution in [3.05, 3.63) is 101 Å². The molecule has 0 aliphatic heterocycles. The Morgan fingerprint density at radius 2 is 1.39 bits per heavy atom. The van der Waals surface area contributed by atoms with E-state index >= 15 is 0 Å². The van der Waals surface area contributed by atoms with Gasteiger partial charge in [0.2, 0.25) is 0 Å². The largest absolute Gasteiger partial charge is 0.207 e. The molecule has 23 heavy (non-hydrogen) atoms. The van der Waals surface area contributed by atoms with Crippen LogP contribution in [0.25, 0.3) is 0 Å². The van der Waals surface area contributed by atoms with Crippen LogP contribution in [-0.2, 0) is 0 Å². The number of hydrogen-bond acceptors (Lipinski definition) is 0. The van der Waals surface area contributed by atoms with Crippen molar-refractivity contribution in [1.82, 2.24) is 0 Å². The predicted octanol–water partition coefficient (Wildman–Crippen LogP) is 4.57. The Morgan fingerprint density at radius 1 is 0.783 bits per heavy atom. The van der Waals surface area contributed by atoms with E-state index in [1.54, 1.807) is 12.1 Å². The highest BCUT2D eigenvalue weighted by molar-refractivity contribution is 6.74. The summed E-state index contributed by atoms with van der Waals surface area (Å²) >= 11 is 0. The quantitative estimate of drug-likeness (QED) is 0.618. The van der Waals surface area contributed by atoms with Crippen LogP contribution in [0.15, 0.2) is 78.9 Å². The van der Waals surface area contributed by atoms with E-state index in [1.165, 1.54) is 21.9 Å². The lowest BCUT2D eigenvalue weighted by molar-refractivity contribution is 0.628. The van der Waals surface area contributed by atoms with Crippen LogP contribution in [0.3, 0.4) is 0 Å². The van der Waals surface area contributed by atoms with Crippen LogP contribution >= 0.6 is 0 Å². The molecule has 0 bridgehead atoms. The lowest BCUT2D eigenvalue weighted by Crippen LogP contribution is -2.35. The van der Waals surface area contributed by atoms with Gasteiger partial charge in [-0.1, -0.05) is 78.5 Å². The minimum absolute atomic E-state index is 0.165. The van der Waals surface area contributed by atoms with E-state index in [9.17, 15) is 4.39 Å². The van der Waals surface area contributed by atoms with E-state index < -0.39 is 8.80 Å².